The Bertz CT molecular complexity index is 687. The molecule has 6 nitrogen and oxygen atoms in total. The lowest BCUT2D eigenvalue weighted by atomic mass is 10.1. The van der Waals surface area contributed by atoms with E-state index in [4.69, 9.17) is 5.11 Å². The van der Waals surface area contributed by atoms with E-state index >= 15 is 0 Å². The maximum atomic E-state index is 12.2. The summed E-state index contributed by atoms with van der Waals surface area (Å²) in [4.78, 5) is 11.0. The molecule has 0 saturated heterocycles. The molecule has 0 radical (unpaired) electrons. The van der Waals surface area contributed by atoms with Crippen molar-refractivity contribution in [3.63, 3.8) is 0 Å². The van der Waals surface area contributed by atoms with Gasteiger partial charge in [0.05, 0.1) is 10.5 Å². The number of carboxylic acids is 1. The van der Waals surface area contributed by atoms with Gasteiger partial charge in [-0.3, -0.25) is 4.21 Å². The quantitative estimate of drug-likeness (QED) is 0.757. The van der Waals surface area contributed by atoms with E-state index in [1.807, 2.05) is 0 Å². The Balaban J connectivity index is 3.15. The van der Waals surface area contributed by atoms with E-state index in [0.29, 0.717) is 10.0 Å². The van der Waals surface area contributed by atoms with Crippen molar-refractivity contribution in [3.8, 4) is 0 Å². The number of benzene rings is 1. The van der Waals surface area contributed by atoms with Crippen molar-refractivity contribution in [2.75, 3.05) is 12.8 Å². The van der Waals surface area contributed by atoms with E-state index in [1.54, 1.807) is 13.8 Å². The van der Waals surface area contributed by atoms with Crippen LogP contribution < -0.4 is 4.72 Å². The maximum Gasteiger partial charge on any atom is 0.336 e. The van der Waals surface area contributed by atoms with E-state index in [-0.39, 0.29) is 22.3 Å². The molecule has 118 valence electrons. The van der Waals surface area contributed by atoms with Crippen LogP contribution in [0.1, 0.15) is 22.8 Å². The summed E-state index contributed by atoms with van der Waals surface area (Å²) in [6.45, 7) is 3.26. The highest BCUT2D eigenvalue weighted by Crippen LogP contribution is 2.25. The molecule has 0 aliphatic carbocycles. The largest absolute Gasteiger partial charge is 0.478 e. The number of halogens is 1. The van der Waals surface area contributed by atoms with Crippen LogP contribution in [0.25, 0.3) is 0 Å². The average Bonchev–Trinajstić information content (AvgIpc) is 2.38. The summed E-state index contributed by atoms with van der Waals surface area (Å²) in [6, 6.07) is 2.45. The summed E-state index contributed by atoms with van der Waals surface area (Å²) in [7, 11) is -5.01. The zero-order valence-corrected chi connectivity index (χ0v) is 14.9. The number of hydrogen-bond acceptors (Lipinski definition) is 4. The smallest absolute Gasteiger partial charge is 0.336 e. The van der Waals surface area contributed by atoms with Crippen LogP contribution in [0.5, 0.6) is 0 Å². The Morgan fingerprint density at radius 1 is 1.48 bits per heavy atom. The third-order valence-electron chi connectivity index (χ3n) is 2.99. The Kier molecular flexibility index (Phi) is 6.09. The lowest BCUT2D eigenvalue weighted by Crippen LogP contribution is -2.32. The molecule has 0 aromatic heterocycles. The Morgan fingerprint density at radius 3 is 2.52 bits per heavy atom. The Hall–Kier alpha value is -0.770. The third kappa shape index (κ3) is 4.60. The highest BCUT2D eigenvalue weighted by atomic mass is 79.9. The maximum absolute atomic E-state index is 12.2. The van der Waals surface area contributed by atoms with Crippen LogP contribution in [0.15, 0.2) is 21.5 Å². The van der Waals surface area contributed by atoms with Crippen molar-refractivity contribution in [3.05, 3.63) is 27.7 Å². The first-order valence-corrected chi connectivity index (χ1v) is 9.81. The third-order valence-corrected chi connectivity index (χ3v) is 6.51. The van der Waals surface area contributed by atoms with Gasteiger partial charge in [0.15, 0.2) is 0 Å². The zero-order valence-electron chi connectivity index (χ0n) is 11.7. The topological polar surface area (TPSA) is 101 Å². The highest BCUT2D eigenvalue weighted by Gasteiger charge is 2.21. The molecule has 9 heteroatoms. The minimum Gasteiger partial charge on any atom is -0.478 e. The van der Waals surface area contributed by atoms with Crippen molar-refractivity contribution in [1.82, 2.24) is 4.72 Å². The number of nitrogens with one attached hydrogen (secondary N) is 1. The average molecular weight is 398 g/mol. The molecule has 0 bridgehead atoms. The molecule has 1 aromatic carbocycles. The fraction of sp³-hybridized carbons (Fsp3) is 0.417. The van der Waals surface area contributed by atoms with Crippen molar-refractivity contribution >= 4 is 42.7 Å². The molecule has 0 spiro atoms. The van der Waals surface area contributed by atoms with Gasteiger partial charge < -0.3 is 5.11 Å². The van der Waals surface area contributed by atoms with Gasteiger partial charge in [0, 0.05) is 33.3 Å². The zero-order chi connectivity index (χ0) is 16.4. The molecule has 0 aliphatic heterocycles. The fourth-order valence-corrected chi connectivity index (χ4v) is 3.68. The van der Waals surface area contributed by atoms with Crippen LogP contribution >= 0.6 is 15.9 Å². The minimum atomic E-state index is -3.86. The minimum absolute atomic E-state index is 0.0132. The molecular formula is C12H16BrNO5S2. The summed E-state index contributed by atoms with van der Waals surface area (Å²) < 4.78 is 38.3. The SMILES string of the molecule is Cc1c(Br)cc(S(=O)(=O)NCC(C)S(C)=O)cc1C(=O)O. The fourth-order valence-electron chi connectivity index (χ4n) is 1.46. The van der Waals surface area contributed by atoms with Crippen molar-refractivity contribution in [2.45, 2.75) is 24.0 Å². The van der Waals surface area contributed by atoms with Gasteiger partial charge in [0.2, 0.25) is 10.0 Å². The van der Waals surface area contributed by atoms with Crippen LogP contribution in [0, 0.1) is 6.92 Å². The first-order chi connectivity index (χ1) is 9.56. The second kappa shape index (κ2) is 6.99. The van der Waals surface area contributed by atoms with E-state index in [0.717, 1.165) is 6.07 Å². The van der Waals surface area contributed by atoms with Crippen molar-refractivity contribution in [1.29, 1.82) is 0 Å². The number of rotatable bonds is 6. The van der Waals surface area contributed by atoms with Gasteiger partial charge in [0.25, 0.3) is 0 Å². The predicted octanol–water partition coefficient (Wildman–Crippen LogP) is 1.50. The van der Waals surface area contributed by atoms with Crippen LogP contribution in [0.4, 0.5) is 0 Å². The van der Waals surface area contributed by atoms with Crippen LogP contribution in [0.2, 0.25) is 0 Å². The number of carboxylic acid groups (broad SMARTS) is 1. The summed E-state index contributed by atoms with van der Waals surface area (Å²) in [5.74, 6) is -1.20. The molecule has 1 aromatic rings. The van der Waals surface area contributed by atoms with Gasteiger partial charge in [-0.05, 0) is 31.5 Å². The van der Waals surface area contributed by atoms with Crippen molar-refractivity contribution in [2.24, 2.45) is 0 Å². The highest BCUT2D eigenvalue weighted by molar-refractivity contribution is 9.10. The normalized spacial score (nSPS) is 14.7. The molecule has 0 saturated carbocycles. The summed E-state index contributed by atoms with van der Waals surface area (Å²) in [5, 5.41) is 8.75. The molecule has 2 unspecified atom stereocenters. The summed E-state index contributed by atoms with van der Waals surface area (Å²) in [5.41, 5.74) is 0.362. The Labute approximate surface area is 134 Å². The van der Waals surface area contributed by atoms with E-state index in [2.05, 4.69) is 20.7 Å². The molecule has 0 heterocycles. The van der Waals surface area contributed by atoms with E-state index in [1.165, 1.54) is 12.3 Å². The second-order valence-corrected chi connectivity index (χ2v) is 8.97. The van der Waals surface area contributed by atoms with Crippen LogP contribution in [-0.2, 0) is 20.8 Å². The van der Waals surface area contributed by atoms with Gasteiger partial charge in [0.1, 0.15) is 0 Å². The molecule has 2 atom stereocenters. The molecule has 1 rings (SSSR count). The Morgan fingerprint density at radius 2 is 2.05 bits per heavy atom. The van der Waals surface area contributed by atoms with E-state index < -0.39 is 26.8 Å². The number of carbonyl (C=O) groups is 1. The van der Waals surface area contributed by atoms with Gasteiger partial charge in [-0.1, -0.05) is 15.9 Å². The lowest BCUT2D eigenvalue weighted by molar-refractivity contribution is 0.0695. The van der Waals surface area contributed by atoms with Gasteiger partial charge in [-0.15, -0.1) is 0 Å². The first kappa shape index (κ1) is 18.3. The molecule has 0 amide bonds. The molecular weight excluding hydrogens is 382 g/mol. The first-order valence-electron chi connectivity index (χ1n) is 5.91. The number of aromatic carboxylic acids is 1. The van der Waals surface area contributed by atoms with Gasteiger partial charge in [-0.2, -0.15) is 0 Å². The summed E-state index contributed by atoms with van der Waals surface area (Å²) >= 11 is 3.16. The van der Waals surface area contributed by atoms with Crippen molar-refractivity contribution < 1.29 is 22.5 Å². The summed E-state index contributed by atoms with van der Waals surface area (Å²) in [6.07, 6.45) is 1.49. The lowest BCUT2D eigenvalue weighted by Gasteiger charge is -2.12. The molecule has 21 heavy (non-hydrogen) atoms. The second-order valence-electron chi connectivity index (χ2n) is 4.54. The predicted molar refractivity (Wildman–Crippen MR) is 84.6 cm³/mol. The standard InChI is InChI=1S/C12H16BrNO5S2/c1-7(20(3)17)6-14-21(18,19)9-4-10(12(15)16)8(2)11(13)5-9/h4-5,7,14H,6H2,1-3H3,(H,15,16). The number of hydrogen-bond donors (Lipinski definition) is 2. The molecule has 0 fully saturated rings. The van der Waals surface area contributed by atoms with Crippen LogP contribution in [0.3, 0.4) is 0 Å². The monoisotopic (exact) mass is 397 g/mol. The van der Waals surface area contributed by atoms with Crippen LogP contribution in [-0.4, -0.2) is 41.8 Å². The van der Waals surface area contributed by atoms with Gasteiger partial charge >= 0.3 is 5.97 Å². The van der Waals surface area contributed by atoms with Gasteiger partial charge in [-0.25, -0.2) is 17.9 Å². The molecule has 2 N–H and O–H groups in total. The van der Waals surface area contributed by atoms with E-state index in [9.17, 15) is 17.4 Å². The number of sulfonamides is 1. The molecule has 0 aliphatic rings.